The number of nitrogens with zero attached hydrogens (tertiary/aromatic N) is 8. The molecular weight excluding hydrogens is 488 g/mol. The standard InChI is InChI=1S/C30H32N8O/c1-7-35-19(5)37(28-23(35)11-9-13-31-28)25-15-21-22-16-33-18(4)34-30(22)39-27(21)26(17(25)3)38-20(6)36(8-2)24-12-10-14-32-29(24)38/h9-16,19-20H,7-8H2,1-6H3/t19-,20+/m1/s1. The number of rotatable bonds is 4. The lowest BCUT2D eigenvalue weighted by atomic mass is 10.0. The van der Waals surface area contributed by atoms with Gasteiger partial charge in [0.25, 0.3) is 0 Å². The molecule has 0 fully saturated rings. The lowest BCUT2D eigenvalue weighted by molar-refractivity contribution is 0.641. The van der Waals surface area contributed by atoms with E-state index in [2.05, 4.69) is 82.4 Å². The molecule has 0 spiro atoms. The van der Waals surface area contributed by atoms with Crippen LogP contribution in [0.3, 0.4) is 0 Å². The topological polar surface area (TPSA) is 77.7 Å². The van der Waals surface area contributed by atoms with E-state index < -0.39 is 0 Å². The lowest BCUT2D eigenvalue weighted by Gasteiger charge is -2.33. The maximum Gasteiger partial charge on any atom is 0.230 e. The third kappa shape index (κ3) is 3.19. The first-order chi connectivity index (χ1) is 18.9. The van der Waals surface area contributed by atoms with Gasteiger partial charge < -0.3 is 24.0 Å². The molecule has 39 heavy (non-hydrogen) atoms. The van der Waals surface area contributed by atoms with Crippen molar-refractivity contribution >= 4 is 56.5 Å². The molecule has 2 aliphatic rings. The summed E-state index contributed by atoms with van der Waals surface area (Å²) in [5, 5.41) is 1.89. The lowest BCUT2D eigenvalue weighted by Crippen LogP contribution is -2.40. The summed E-state index contributed by atoms with van der Waals surface area (Å²) in [7, 11) is 0. The highest BCUT2D eigenvalue weighted by atomic mass is 16.3. The normalized spacial score (nSPS) is 18.5. The van der Waals surface area contributed by atoms with E-state index in [1.807, 2.05) is 37.6 Å². The Balaban J connectivity index is 1.56. The highest BCUT2D eigenvalue weighted by Gasteiger charge is 2.40. The van der Waals surface area contributed by atoms with Gasteiger partial charge in [0.1, 0.15) is 18.2 Å². The van der Waals surface area contributed by atoms with Crippen molar-refractivity contribution in [2.75, 3.05) is 32.7 Å². The van der Waals surface area contributed by atoms with E-state index in [0.29, 0.717) is 11.5 Å². The molecule has 4 aromatic heterocycles. The number of anilines is 6. The van der Waals surface area contributed by atoms with Crippen LogP contribution >= 0.6 is 0 Å². The van der Waals surface area contributed by atoms with Crippen LogP contribution < -0.4 is 19.6 Å². The number of fused-ring (bicyclic) bond motifs is 5. The molecule has 0 aliphatic carbocycles. The molecular formula is C30H32N8O. The summed E-state index contributed by atoms with van der Waals surface area (Å²) >= 11 is 0. The number of hydrogen-bond donors (Lipinski definition) is 0. The predicted octanol–water partition coefficient (Wildman–Crippen LogP) is 6.43. The molecule has 0 unspecified atom stereocenters. The molecule has 9 heteroatoms. The monoisotopic (exact) mass is 520 g/mol. The maximum atomic E-state index is 6.56. The van der Waals surface area contributed by atoms with Crippen LogP contribution in [-0.4, -0.2) is 45.4 Å². The first-order valence-electron chi connectivity index (χ1n) is 13.7. The van der Waals surface area contributed by atoms with E-state index in [0.717, 1.165) is 69.4 Å². The van der Waals surface area contributed by atoms with E-state index >= 15 is 0 Å². The Labute approximate surface area is 227 Å². The van der Waals surface area contributed by atoms with Crippen LogP contribution in [0.5, 0.6) is 0 Å². The average Bonchev–Trinajstić information content (AvgIpc) is 3.53. The van der Waals surface area contributed by atoms with E-state index in [4.69, 9.17) is 14.4 Å². The number of benzene rings is 1. The van der Waals surface area contributed by atoms with Crippen molar-refractivity contribution in [2.24, 2.45) is 0 Å². The summed E-state index contributed by atoms with van der Waals surface area (Å²) in [6.45, 7) is 14.7. The van der Waals surface area contributed by atoms with E-state index in [-0.39, 0.29) is 12.3 Å². The number of hydrogen-bond acceptors (Lipinski definition) is 9. The van der Waals surface area contributed by atoms with Gasteiger partial charge in [0, 0.05) is 42.6 Å². The zero-order chi connectivity index (χ0) is 27.0. The summed E-state index contributed by atoms with van der Waals surface area (Å²) < 4.78 is 6.56. The molecule has 7 rings (SSSR count). The smallest absolute Gasteiger partial charge is 0.230 e. The van der Waals surface area contributed by atoms with E-state index in [1.165, 1.54) is 0 Å². The van der Waals surface area contributed by atoms with E-state index in [1.54, 1.807) is 0 Å². The SMILES string of the molecule is CCN1c2cccnc2N(c2cc3c(oc4nc(C)ncc43)c(N3c4ncccc4N(CC)[C@@H]3C)c2C)[C@@H]1C. The molecule has 2 aliphatic heterocycles. The Bertz CT molecular complexity index is 1750. The van der Waals surface area contributed by atoms with Crippen molar-refractivity contribution in [1.29, 1.82) is 0 Å². The largest absolute Gasteiger partial charge is 0.435 e. The van der Waals surface area contributed by atoms with Gasteiger partial charge in [-0.25, -0.2) is 15.0 Å². The first kappa shape index (κ1) is 23.7. The zero-order valence-corrected chi connectivity index (χ0v) is 23.2. The summed E-state index contributed by atoms with van der Waals surface area (Å²) in [6.07, 6.45) is 5.75. The Morgan fingerprint density at radius 3 is 2.05 bits per heavy atom. The van der Waals surface area contributed by atoms with Crippen LogP contribution in [0.1, 0.15) is 39.1 Å². The minimum Gasteiger partial charge on any atom is -0.435 e. The second kappa shape index (κ2) is 8.56. The van der Waals surface area contributed by atoms with Gasteiger partial charge in [-0.15, -0.1) is 0 Å². The highest BCUT2D eigenvalue weighted by molar-refractivity contribution is 6.12. The molecule has 9 nitrogen and oxygen atoms in total. The summed E-state index contributed by atoms with van der Waals surface area (Å²) in [4.78, 5) is 28.3. The second-order valence-electron chi connectivity index (χ2n) is 10.3. The molecule has 6 heterocycles. The van der Waals surface area contributed by atoms with Gasteiger partial charge in [0.15, 0.2) is 17.2 Å². The van der Waals surface area contributed by atoms with Crippen molar-refractivity contribution in [3.05, 3.63) is 60.3 Å². The van der Waals surface area contributed by atoms with Crippen molar-refractivity contribution < 1.29 is 4.42 Å². The molecule has 0 radical (unpaired) electrons. The third-order valence-electron chi connectivity index (χ3n) is 8.28. The third-order valence-corrected chi connectivity index (χ3v) is 8.28. The molecule has 0 amide bonds. The molecule has 1 aromatic carbocycles. The molecule has 0 saturated carbocycles. The number of pyridine rings is 2. The van der Waals surface area contributed by atoms with E-state index in [9.17, 15) is 0 Å². The van der Waals surface area contributed by atoms with Crippen molar-refractivity contribution in [1.82, 2.24) is 19.9 Å². The molecule has 2 atom stereocenters. The van der Waals surface area contributed by atoms with Crippen LogP contribution in [0.25, 0.3) is 22.1 Å². The van der Waals surface area contributed by atoms with Crippen LogP contribution in [0.2, 0.25) is 0 Å². The molecule has 0 bridgehead atoms. The van der Waals surface area contributed by atoms with Crippen molar-refractivity contribution in [3.63, 3.8) is 0 Å². The highest BCUT2D eigenvalue weighted by Crippen LogP contribution is 2.52. The summed E-state index contributed by atoms with van der Waals surface area (Å²) in [5.41, 5.74) is 6.85. The Morgan fingerprint density at radius 2 is 1.41 bits per heavy atom. The van der Waals surface area contributed by atoms with Gasteiger partial charge in [-0.3, -0.25) is 0 Å². The fourth-order valence-electron chi connectivity index (χ4n) is 6.49. The van der Waals surface area contributed by atoms with Gasteiger partial charge in [-0.1, -0.05) is 0 Å². The second-order valence-corrected chi connectivity index (χ2v) is 10.3. The van der Waals surface area contributed by atoms with Crippen LogP contribution in [0.4, 0.5) is 34.4 Å². The Kier molecular flexibility index (Phi) is 5.20. The molecule has 0 N–H and O–H groups in total. The predicted molar refractivity (Wildman–Crippen MR) is 156 cm³/mol. The Hall–Kier alpha value is -4.40. The molecule has 0 saturated heterocycles. The maximum absolute atomic E-state index is 6.56. The van der Waals surface area contributed by atoms with Crippen LogP contribution in [-0.2, 0) is 0 Å². The number of aryl methyl sites for hydroxylation is 1. The van der Waals surface area contributed by atoms with Gasteiger partial charge in [-0.05, 0) is 71.9 Å². The number of furan rings is 1. The summed E-state index contributed by atoms with van der Waals surface area (Å²) in [6, 6.07) is 10.5. The fourth-order valence-corrected chi connectivity index (χ4v) is 6.49. The molecule has 5 aromatic rings. The van der Waals surface area contributed by atoms with Gasteiger partial charge in [0.2, 0.25) is 5.71 Å². The van der Waals surface area contributed by atoms with Gasteiger partial charge in [-0.2, -0.15) is 4.98 Å². The van der Waals surface area contributed by atoms with Crippen molar-refractivity contribution in [3.8, 4) is 0 Å². The minimum absolute atomic E-state index is 0.0478. The van der Waals surface area contributed by atoms with Crippen LogP contribution in [0.15, 0.2) is 53.3 Å². The van der Waals surface area contributed by atoms with Gasteiger partial charge in [0.05, 0.1) is 28.1 Å². The zero-order valence-electron chi connectivity index (χ0n) is 23.2. The minimum atomic E-state index is 0.0478. The van der Waals surface area contributed by atoms with Crippen LogP contribution in [0, 0.1) is 13.8 Å². The number of aromatic nitrogens is 4. The van der Waals surface area contributed by atoms with Gasteiger partial charge >= 0.3 is 0 Å². The fraction of sp³-hybridized carbons (Fsp3) is 0.333. The summed E-state index contributed by atoms with van der Waals surface area (Å²) in [5.74, 6) is 2.58. The van der Waals surface area contributed by atoms with Crippen molar-refractivity contribution in [2.45, 2.75) is 53.9 Å². The Morgan fingerprint density at radius 1 is 0.795 bits per heavy atom. The molecule has 198 valence electrons. The first-order valence-corrected chi connectivity index (χ1v) is 13.7. The average molecular weight is 521 g/mol. The quantitative estimate of drug-likeness (QED) is 0.266.